The van der Waals surface area contributed by atoms with Gasteiger partial charge in [-0.15, -0.1) is 0 Å². The van der Waals surface area contributed by atoms with Crippen molar-refractivity contribution >= 4 is 11.6 Å². The van der Waals surface area contributed by atoms with E-state index in [2.05, 4.69) is 10.6 Å². The second kappa shape index (κ2) is 4.08. The first-order valence-corrected chi connectivity index (χ1v) is 5.41. The quantitative estimate of drug-likeness (QED) is 0.767. The SMILES string of the molecule is CC1(c2cc(Cl)ccc2F)CNCCN1. The summed E-state index contributed by atoms with van der Waals surface area (Å²) in [6.07, 6.45) is 0. The van der Waals surface area contributed by atoms with Gasteiger partial charge in [0.05, 0.1) is 5.54 Å². The number of benzene rings is 1. The number of piperazine rings is 1. The molecule has 0 radical (unpaired) electrons. The highest BCUT2D eigenvalue weighted by atomic mass is 35.5. The molecule has 1 aromatic rings. The van der Waals surface area contributed by atoms with Crippen LogP contribution < -0.4 is 10.6 Å². The van der Waals surface area contributed by atoms with Gasteiger partial charge in [-0.1, -0.05) is 11.6 Å². The summed E-state index contributed by atoms with van der Waals surface area (Å²) in [5, 5.41) is 7.14. The molecule has 1 aliphatic rings. The fourth-order valence-corrected chi connectivity index (χ4v) is 2.11. The van der Waals surface area contributed by atoms with E-state index in [9.17, 15) is 4.39 Å². The van der Waals surface area contributed by atoms with E-state index in [1.54, 1.807) is 12.1 Å². The average molecular weight is 229 g/mol. The molecule has 0 spiro atoms. The van der Waals surface area contributed by atoms with E-state index >= 15 is 0 Å². The van der Waals surface area contributed by atoms with Crippen molar-refractivity contribution in [3.63, 3.8) is 0 Å². The molecule has 0 aromatic heterocycles. The summed E-state index contributed by atoms with van der Waals surface area (Å²) in [6, 6.07) is 4.68. The van der Waals surface area contributed by atoms with E-state index in [0.717, 1.165) is 13.1 Å². The first kappa shape index (κ1) is 10.9. The van der Waals surface area contributed by atoms with E-state index in [1.165, 1.54) is 6.07 Å². The molecule has 0 saturated carbocycles. The smallest absolute Gasteiger partial charge is 0.128 e. The fourth-order valence-electron chi connectivity index (χ4n) is 1.94. The fraction of sp³-hybridized carbons (Fsp3) is 0.455. The van der Waals surface area contributed by atoms with Gasteiger partial charge in [0, 0.05) is 30.2 Å². The Morgan fingerprint density at radius 1 is 1.40 bits per heavy atom. The van der Waals surface area contributed by atoms with Crippen LogP contribution in [-0.2, 0) is 5.54 Å². The van der Waals surface area contributed by atoms with Crippen LogP contribution in [0.2, 0.25) is 5.02 Å². The van der Waals surface area contributed by atoms with Crippen molar-refractivity contribution < 1.29 is 4.39 Å². The molecule has 2 rings (SSSR count). The zero-order valence-electron chi connectivity index (χ0n) is 8.61. The summed E-state index contributed by atoms with van der Waals surface area (Å²) in [6.45, 7) is 4.44. The Hall–Kier alpha value is -0.640. The van der Waals surface area contributed by atoms with Crippen molar-refractivity contribution in [1.29, 1.82) is 0 Å². The summed E-state index contributed by atoms with van der Waals surface area (Å²) in [7, 11) is 0. The van der Waals surface area contributed by atoms with Crippen LogP contribution in [0.3, 0.4) is 0 Å². The molecule has 2 N–H and O–H groups in total. The Morgan fingerprint density at radius 2 is 2.20 bits per heavy atom. The van der Waals surface area contributed by atoms with Crippen molar-refractivity contribution in [2.24, 2.45) is 0 Å². The van der Waals surface area contributed by atoms with Crippen LogP contribution in [0.4, 0.5) is 4.39 Å². The molecule has 15 heavy (non-hydrogen) atoms. The van der Waals surface area contributed by atoms with Gasteiger partial charge < -0.3 is 10.6 Å². The predicted molar refractivity (Wildman–Crippen MR) is 59.6 cm³/mol. The van der Waals surface area contributed by atoms with Gasteiger partial charge in [0.15, 0.2) is 0 Å². The highest BCUT2D eigenvalue weighted by molar-refractivity contribution is 6.30. The highest BCUT2D eigenvalue weighted by Gasteiger charge is 2.30. The first-order chi connectivity index (χ1) is 7.12. The molecule has 1 unspecified atom stereocenters. The van der Waals surface area contributed by atoms with Gasteiger partial charge in [-0.2, -0.15) is 0 Å². The Labute approximate surface area is 93.8 Å². The molecule has 1 heterocycles. The lowest BCUT2D eigenvalue weighted by molar-refractivity contribution is 0.293. The second-order valence-electron chi connectivity index (χ2n) is 4.06. The number of nitrogens with one attached hydrogen (secondary N) is 2. The number of hydrogen-bond donors (Lipinski definition) is 2. The van der Waals surface area contributed by atoms with Crippen LogP contribution in [0.15, 0.2) is 18.2 Å². The molecular weight excluding hydrogens is 215 g/mol. The summed E-state index contributed by atoms with van der Waals surface area (Å²) >= 11 is 5.88. The Kier molecular flexibility index (Phi) is 2.96. The molecule has 1 saturated heterocycles. The molecule has 0 aliphatic carbocycles. The van der Waals surface area contributed by atoms with Crippen LogP contribution in [0.5, 0.6) is 0 Å². The molecule has 4 heteroatoms. The Balaban J connectivity index is 2.38. The van der Waals surface area contributed by atoms with E-state index in [4.69, 9.17) is 11.6 Å². The first-order valence-electron chi connectivity index (χ1n) is 5.03. The number of hydrogen-bond acceptors (Lipinski definition) is 2. The van der Waals surface area contributed by atoms with Crippen LogP contribution in [-0.4, -0.2) is 19.6 Å². The minimum absolute atomic E-state index is 0.210. The van der Waals surface area contributed by atoms with Crippen LogP contribution >= 0.6 is 11.6 Å². The molecule has 1 atom stereocenters. The van der Waals surface area contributed by atoms with E-state index in [-0.39, 0.29) is 11.4 Å². The topological polar surface area (TPSA) is 24.1 Å². The predicted octanol–water partition coefficient (Wildman–Crippen LogP) is 1.89. The monoisotopic (exact) mass is 228 g/mol. The standard InChI is InChI=1S/C11H14ClFN2/c1-11(7-14-4-5-15-11)9-6-8(12)2-3-10(9)13/h2-3,6,14-15H,4-5,7H2,1H3. The maximum absolute atomic E-state index is 13.7. The zero-order chi connectivity index (χ0) is 10.9. The van der Waals surface area contributed by atoms with Crippen molar-refractivity contribution in [3.8, 4) is 0 Å². The zero-order valence-corrected chi connectivity index (χ0v) is 9.37. The number of rotatable bonds is 1. The molecule has 0 bridgehead atoms. The maximum Gasteiger partial charge on any atom is 0.128 e. The van der Waals surface area contributed by atoms with Gasteiger partial charge in [0.1, 0.15) is 5.82 Å². The minimum Gasteiger partial charge on any atom is -0.313 e. The second-order valence-corrected chi connectivity index (χ2v) is 4.50. The molecule has 2 nitrogen and oxygen atoms in total. The van der Waals surface area contributed by atoms with Crippen molar-refractivity contribution in [2.75, 3.05) is 19.6 Å². The summed E-state index contributed by atoms with van der Waals surface area (Å²) in [5.41, 5.74) is 0.259. The molecule has 1 aliphatic heterocycles. The molecular formula is C11H14ClFN2. The van der Waals surface area contributed by atoms with Gasteiger partial charge in [-0.3, -0.25) is 0 Å². The van der Waals surface area contributed by atoms with Crippen LogP contribution in [0.25, 0.3) is 0 Å². The Morgan fingerprint density at radius 3 is 2.87 bits per heavy atom. The maximum atomic E-state index is 13.7. The normalized spacial score (nSPS) is 26.6. The summed E-state index contributed by atoms with van der Waals surface area (Å²) in [4.78, 5) is 0. The largest absolute Gasteiger partial charge is 0.313 e. The van der Waals surface area contributed by atoms with E-state index in [0.29, 0.717) is 17.1 Å². The summed E-state index contributed by atoms with van der Waals surface area (Å²) < 4.78 is 13.7. The third kappa shape index (κ3) is 2.14. The lowest BCUT2D eigenvalue weighted by Gasteiger charge is -2.36. The highest BCUT2D eigenvalue weighted by Crippen LogP contribution is 2.26. The van der Waals surface area contributed by atoms with Gasteiger partial charge in [0.25, 0.3) is 0 Å². The third-order valence-electron chi connectivity index (χ3n) is 2.82. The lowest BCUT2D eigenvalue weighted by atomic mass is 9.90. The summed E-state index contributed by atoms with van der Waals surface area (Å²) in [5.74, 6) is -0.210. The van der Waals surface area contributed by atoms with Gasteiger partial charge in [0.2, 0.25) is 0 Å². The van der Waals surface area contributed by atoms with Gasteiger partial charge in [-0.05, 0) is 25.1 Å². The van der Waals surface area contributed by atoms with Crippen molar-refractivity contribution in [2.45, 2.75) is 12.5 Å². The average Bonchev–Trinajstić information content (AvgIpc) is 2.23. The number of halogens is 2. The van der Waals surface area contributed by atoms with E-state index < -0.39 is 0 Å². The minimum atomic E-state index is -0.368. The Bertz CT molecular complexity index is 362. The molecule has 1 aromatic carbocycles. The molecule has 1 fully saturated rings. The molecule has 82 valence electrons. The van der Waals surface area contributed by atoms with E-state index in [1.807, 2.05) is 6.92 Å². The van der Waals surface area contributed by atoms with Gasteiger partial charge >= 0.3 is 0 Å². The van der Waals surface area contributed by atoms with Gasteiger partial charge in [-0.25, -0.2) is 4.39 Å². The van der Waals surface area contributed by atoms with Crippen molar-refractivity contribution in [3.05, 3.63) is 34.6 Å². The van der Waals surface area contributed by atoms with Crippen LogP contribution in [0, 0.1) is 5.82 Å². The lowest BCUT2D eigenvalue weighted by Crippen LogP contribution is -2.55. The third-order valence-corrected chi connectivity index (χ3v) is 3.05. The van der Waals surface area contributed by atoms with Crippen LogP contribution in [0.1, 0.15) is 12.5 Å². The molecule has 0 amide bonds. The van der Waals surface area contributed by atoms with Crippen molar-refractivity contribution in [1.82, 2.24) is 10.6 Å².